The quantitative estimate of drug-likeness (QED) is 0.836. The summed E-state index contributed by atoms with van der Waals surface area (Å²) in [5.41, 5.74) is 1.43. The van der Waals surface area contributed by atoms with Crippen LogP contribution in [0, 0.1) is 5.92 Å². The molecule has 1 aromatic rings. The first-order chi connectivity index (χ1) is 9.42. The molecule has 0 bridgehead atoms. The maximum Gasteiger partial charge on any atom is 0.0449 e. The largest absolute Gasteiger partial charge is 0.308 e. The fraction of sp³-hybridized carbons (Fsp3) is 0.529. The van der Waals surface area contributed by atoms with Gasteiger partial charge in [-0.1, -0.05) is 42.5 Å². The summed E-state index contributed by atoms with van der Waals surface area (Å²) in [6, 6.07) is 11.4. The SMILES string of the molecule is C1=CCC(CN2CCNC(c3ccccc3)C2)CC1. The number of rotatable bonds is 3. The van der Waals surface area contributed by atoms with Crippen LogP contribution in [0.25, 0.3) is 0 Å². The summed E-state index contributed by atoms with van der Waals surface area (Å²) in [5.74, 6) is 0.875. The van der Waals surface area contributed by atoms with Crippen molar-refractivity contribution >= 4 is 0 Å². The van der Waals surface area contributed by atoms with Gasteiger partial charge in [0, 0.05) is 32.2 Å². The zero-order chi connectivity index (χ0) is 12.9. The molecule has 2 heteroatoms. The summed E-state index contributed by atoms with van der Waals surface area (Å²) >= 11 is 0. The van der Waals surface area contributed by atoms with E-state index >= 15 is 0 Å². The monoisotopic (exact) mass is 256 g/mol. The standard InChI is InChI=1S/C17H24N2/c1-3-7-15(8-4-1)13-19-12-11-18-17(14-19)16-9-5-2-6-10-16/h1-3,5-6,9-10,15,17-18H,4,7-8,11-14H2. The Hall–Kier alpha value is -1.12. The number of allylic oxidation sites excluding steroid dienone is 2. The van der Waals surface area contributed by atoms with Gasteiger partial charge in [-0.15, -0.1) is 0 Å². The smallest absolute Gasteiger partial charge is 0.0449 e. The minimum absolute atomic E-state index is 0.508. The van der Waals surface area contributed by atoms with Gasteiger partial charge in [0.2, 0.25) is 0 Å². The summed E-state index contributed by atoms with van der Waals surface area (Å²) in [5, 5.41) is 3.65. The van der Waals surface area contributed by atoms with Gasteiger partial charge in [0.1, 0.15) is 0 Å². The molecule has 3 rings (SSSR count). The summed E-state index contributed by atoms with van der Waals surface area (Å²) in [6.07, 6.45) is 8.63. The van der Waals surface area contributed by atoms with Gasteiger partial charge in [0.05, 0.1) is 0 Å². The van der Waals surface area contributed by atoms with Gasteiger partial charge >= 0.3 is 0 Å². The van der Waals surface area contributed by atoms with Gasteiger partial charge in [0.25, 0.3) is 0 Å². The van der Waals surface area contributed by atoms with Crippen molar-refractivity contribution in [3.8, 4) is 0 Å². The Balaban J connectivity index is 1.57. The van der Waals surface area contributed by atoms with Gasteiger partial charge in [-0.3, -0.25) is 4.90 Å². The zero-order valence-corrected chi connectivity index (χ0v) is 11.6. The van der Waals surface area contributed by atoms with Gasteiger partial charge < -0.3 is 5.32 Å². The second-order valence-corrected chi connectivity index (χ2v) is 5.83. The lowest BCUT2D eigenvalue weighted by molar-refractivity contribution is 0.169. The summed E-state index contributed by atoms with van der Waals surface area (Å²) in [4.78, 5) is 2.65. The van der Waals surface area contributed by atoms with Crippen LogP contribution in [0.5, 0.6) is 0 Å². The van der Waals surface area contributed by atoms with Crippen molar-refractivity contribution in [3.05, 3.63) is 48.0 Å². The van der Waals surface area contributed by atoms with Crippen molar-refractivity contribution < 1.29 is 0 Å². The Labute approximate surface area is 116 Å². The molecule has 2 atom stereocenters. The van der Waals surface area contributed by atoms with Crippen LogP contribution in [-0.2, 0) is 0 Å². The molecule has 1 fully saturated rings. The average Bonchev–Trinajstić information content (AvgIpc) is 2.49. The molecule has 2 aliphatic rings. The van der Waals surface area contributed by atoms with Crippen molar-refractivity contribution in [2.24, 2.45) is 5.92 Å². The Morgan fingerprint density at radius 3 is 2.84 bits per heavy atom. The highest BCUT2D eigenvalue weighted by Gasteiger charge is 2.22. The van der Waals surface area contributed by atoms with Crippen LogP contribution in [-0.4, -0.2) is 31.1 Å². The number of hydrogen-bond acceptors (Lipinski definition) is 2. The zero-order valence-electron chi connectivity index (χ0n) is 11.6. The molecule has 1 aliphatic carbocycles. The molecule has 102 valence electrons. The molecule has 1 aromatic carbocycles. The Morgan fingerprint density at radius 1 is 1.16 bits per heavy atom. The highest BCUT2D eigenvalue weighted by Crippen LogP contribution is 2.22. The van der Waals surface area contributed by atoms with E-state index in [1.807, 2.05) is 0 Å². The molecule has 0 amide bonds. The van der Waals surface area contributed by atoms with Crippen LogP contribution < -0.4 is 5.32 Å². The molecule has 0 saturated carbocycles. The maximum absolute atomic E-state index is 3.65. The van der Waals surface area contributed by atoms with Crippen LogP contribution in [0.1, 0.15) is 30.9 Å². The van der Waals surface area contributed by atoms with E-state index in [9.17, 15) is 0 Å². The molecule has 2 unspecified atom stereocenters. The number of nitrogens with one attached hydrogen (secondary N) is 1. The summed E-state index contributed by atoms with van der Waals surface area (Å²) in [6.45, 7) is 4.74. The van der Waals surface area contributed by atoms with Gasteiger partial charge in [-0.2, -0.15) is 0 Å². The first kappa shape index (κ1) is 12.9. The average molecular weight is 256 g/mol. The van der Waals surface area contributed by atoms with Crippen molar-refractivity contribution in [1.82, 2.24) is 10.2 Å². The first-order valence-corrected chi connectivity index (χ1v) is 7.57. The number of benzene rings is 1. The maximum atomic E-state index is 3.65. The molecule has 1 N–H and O–H groups in total. The lowest BCUT2D eigenvalue weighted by atomic mass is 9.93. The van der Waals surface area contributed by atoms with E-state index in [-0.39, 0.29) is 0 Å². The number of piperazine rings is 1. The Bertz CT molecular complexity index is 413. The van der Waals surface area contributed by atoms with Crippen LogP contribution >= 0.6 is 0 Å². The molecular formula is C17H24N2. The predicted octanol–water partition coefficient (Wildman–Crippen LogP) is 2.99. The van der Waals surface area contributed by atoms with Crippen LogP contribution in [0.2, 0.25) is 0 Å². The fourth-order valence-electron chi connectivity index (χ4n) is 3.27. The molecule has 19 heavy (non-hydrogen) atoms. The molecule has 0 spiro atoms. The van der Waals surface area contributed by atoms with Crippen molar-refractivity contribution in [2.45, 2.75) is 25.3 Å². The highest BCUT2D eigenvalue weighted by atomic mass is 15.2. The predicted molar refractivity (Wildman–Crippen MR) is 80.1 cm³/mol. The molecular weight excluding hydrogens is 232 g/mol. The van der Waals surface area contributed by atoms with E-state index in [1.54, 1.807) is 0 Å². The van der Waals surface area contributed by atoms with Gasteiger partial charge in [0.15, 0.2) is 0 Å². The Kier molecular flexibility index (Phi) is 4.31. The Morgan fingerprint density at radius 2 is 2.05 bits per heavy atom. The van der Waals surface area contributed by atoms with E-state index in [1.165, 1.54) is 37.9 Å². The van der Waals surface area contributed by atoms with Gasteiger partial charge in [-0.25, -0.2) is 0 Å². The fourth-order valence-corrected chi connectivity index (χ4v) is 3.27. The van der Waals surface area contributed by atoms with Crippen molar-refractivity contribution in [1.29, 1.82) is 0 Å². The minimum atomic E-state index is 0.508. The van der Waals surface area contributed by atoms with E-state index in [4.69, 9.17) is 0 Å². The van der Waals surface area contributed by atoms with Gasteiger partial charge in [-0.05, 0) is 30.7 Å². The van der Waals surface area contributed by atoms with Crippen LogP contribution in [0.4, 0.5) is 0 Å². The third-order valence-corrected chi connectivity index (χ3v) is 4.36. The molecule has 1 aliphatic heterocycles. The topological polar surface area (TPSA) is 15.3 Å². The summed E-state index contributed by atoms with van der Waals surface area (Å²) in [7, 11) is 0. The first-order valence-electron chi connectivity index (χ1n) is 7.57. The van der Waals surface area contributed by atoms with E-state index < -0.39 is 0 Å². The van der Waals surface area contributed by atoms with E-state index in [2.05, 4.69) is 52.7 Å². The normalized spacial score (nSPS) is 28.4. The second kappa shape index (κ2) is 6.36. The lowest BCUT2D eigenvalue weighted by Crippen LogP contribution is -2.47. The molecule has 0 aromatic heterocycles. The molecule has 0 radical (unpaired) electrons. The molecule has 1 saturated heterocycles. The second-order valence-electron chi connectivity index (χ2n) is 5.83. The van der Waals surface area contributed by atoms with Crippen LogP contribution in [0.3, 0.4) is 0 Å². The third-order valence-electron chi connectivity index (χ3n) is 4.36. The van der Waals surface area contributed by atoms with E-state index in [0.29, 0.717) is 6.04 Å². The van der Waals surface area contributed by atoms with Crippen molar-refractivity contribution in [2.75, 3.05) is 26.2 Å². The van der Waals surface area contributed by atoms with E-state index in [0.717, 1.165) is 19.0 Å². The minimum Gasteiger partial charge on any atom is -0.308 e. The number of hydrogen-bond donors (Lipinski definition) is 1. The van der Waals surface area contributed by atoms with Crippen LogP contribution in [0.15, 0.2) is 42.5 Å². The third kappa shape index (κ3) is 3.46. The molecule has 2 nitrogen and oxygen atoms in total. The van der Waals surface area contributed by atoms with Crippen molar-refractivity contribution in [3.63, 3.8) is 0 Å². The summed E-state index contributed by atoms with van der Waals surface area (Å²) < 4.78 is 0. The highest BCUT2D eigenvalue weighted by molar-refractivity contribution is 5.19. The number of nitrogens with zero attached hydrogens (tertiary/aromatic N) is 1. The lowest BCUT2D eigenvalue weighted by Gasteiger charge is -2.36. The molecule has 1 heterocycles.